The van der Waals surface area contributed by atoms with Gasteiger partial charge in [-0.2, -0.15) is 5.26 Å². The van der Waals surface area contributed by atoms with Crippen LogP contribution in [0.25, 0.3) is 0 Å². The predicted molar refractivity (Wildman–Crippen MR) is 67.6 cm³/mol. The number of rotatable bonds is 5. The van der Waals surface area contributed by atoms with Crippen molar-refractivity contribution in [1.82, 2.24) is 5.32 Å². The fraction of sp³-hybridized carbons (Fsp3) is 0.929. The second kappa shape index (κ2) is 5.84. The van der Waals surface area contributed by atoms with Crippen molar-refractivity contribution in [3.63, 3.8) is 0 Å². The molecule has 2 aliphatic carbocycles. The van der Waals surface area contributed by atoms with E-state index in [0.29, 0.717) is 6.10 Å². The van der Waals surface area contributed by atoms with E-state index in [0.717, 1.165) is 38.3 Å². The van der Waals surface area contributed by atoms with Crippen LogP contribution in [0.15, 0.2) is 0 Å². The molecular weight excluding hydrogens is 212 g/mol. The summed E-state index contributed by atoms with van der Waals surface area (Å²) in [5, 5.41) is 12.6. The Morgan fingerprint density at radius 2 is 2.12 bits per heavy atom. The maximum atomic E-state index is 9.28. The minimum absolute atomic E-state index is 0.300. The highest BCUT2D eigenvalue weighted by Gasteiger charge is 2.39. The Bertz CT molecular complexity index is 280. The lowest BCUT2D eigenvalue weighted by atomic mass is 10.00. The summed E-state index contributed by atoms with van der Waals surface area (Å²) in [4.78, 5) is 0. The Kier molecular flexibility index (Phi) is 4.42. The molecule has 0 amide bonds. The number of nitrogens with one attached hydrogen (secondary N) is 1. The van der Waals surface area contributed by atoms with Gasteiger partial charge in [0, 0.05) is 13.0 Å². The molecular formula is C14H24N2O. The van der Waals surface area contributed by atoms with Crippen LogP contribution in [-0.2, 0) is 4.74 Å². The van der Waals surface area contributed by atoms with Gasteiger partial charge < -0.3 is 4.74 Å². The summed E-state index contributed by atoms with van der Waals surface area (Å²) >= 11 is 0. The lowest BCUT2D eigenvalue weighted by molar-refractivity contribution is 0.0318. The van der Waals surface area contributed by atoms with E-state index in [2.05, 4.69) is 18.3 Å². The molecule has 2 aliphatic rings. The summed E-state index contributed by atoms with van der Waals surface area (Å²) in [6.07, 6.45) is 8.56. The Hall–Kier alpha value is -0.590. The van der Waals surface area contributed by atoms with E-state index < -0.39 is 0 Å². The van der Waals surface area contributed by atoms with Crippen LogP contribution >= 0.6 is 0 Å². The SMILES string of the molecule is CCNC1(C#N)CCC(OCC2CCCC2)C1. The van der Waals surface area contributed by atoms with Crippen molar-refractivity contribution in [3.8, 4) is 6.07 Å². The van der Waals surface area contributed by atoms with Crippen LogP contribution in [0, 0.1) is 17.2 Å². The fourth-order valence-electron chi connectivity index (χ4n) is 3.23. The Morgan fingerprint density at radius 3 is 2.76 bits per heavy atom. The van der Waals surface area contributed by atoms with E-state index in [1.807, 2.05) is 0 Å². The van der Waals surface area contributed by atoms with Gasteiger partial charge in [0.15, 0.2) is 0 Å². The van der Waals surface area contributed by atoms with Crippen LogP contribution in [-0.4, -0.2) is 24.8 Å². The van der Waals surface area contributed by atoms with E-state index in [9.17, 15) is 5.26 Å². The topological polar surface area (TPSA) is 45.0 Å². The van der Waals surface area contributed by atoms with Gasteiger partial charge in [0.05, 0.1) is 12.2 Å². The van der Waals surface area contributed by atoms with Crippen molar-refractivity contribution in [2.75, 3.05) is 13.2 Å². The minimum atomic E-state index is -0.310. The zero-order chi connectivity index (χ0) is 12.1. The molecule has 0 aromatic rings. The highest BCUT2D eigenvalue weighted by atomic mass is 16.5. The predicted octanol–water partition coefficient (Wildman–Crippen LogP) is 2.62. The maximum absolute atomic E-state index is 9.28. The zero-order valence-corrected chi connectivity index (χ0v) is 10.9. The quantitative estimate of drug-likeness (QED) is 0.798. The van der Waals surface area contributed by atoms with Crippen LogP contribution < -0.4 is 5.32 Å². The number of nitriles is 1. The third-order valence-electron chi connectivity index (χ3n) is 4.24. The average molecular weight is 236 g/mol. The van der Waals surface area contributed by atoms with Crippen molar-refractivity contribution in [3.05, 3.63) is 0 Å². The maximum Gasteiger partial charge on any atom is 0.109 e. The summed E-state index contributed by atoms with van der Waals surface area (Å²) < 4.78 is 6.00. The zero-order valence-electron chi connectivity index (χ0n) is 10.9. The summed E-state index contributed by atoms with van der Waals surface area (Å²) in [7, 11) is 0. The van der Waals surface area contributed by atoms with Crippen molar-refractivity contribution in [2.45, 2.75) is 63.5 Å². The fourth-order valence-corrected chi connectivity index (χ4v) is 3.23. The molecule has 2 fully saturated rings. The molecule has 2 rings (SSSR count). The number of hydrogen-bond acceptors (Lipinski definition) is 3. The van der Waals surface area contributed by atoms with Gasteiger partial charge in [-0.05, 0) is 38.1 Å². The van der Waals surface area contributed by atoms with E-state index in [4.69, 9.17) is 4.74 Å². The molecule has 2 atom stereocenters. The number of hydrogen-bond donors (Lipinski definition) is 1. The van der Waals surface area contributed by atoms with Crippen LogP contribution in [0.5, 0.6) is 0 Å². The third-order valence-corrected chi connectivity index (χ3v) is 4.24. The molecule has 3 nitrogen and oxygen atoms in total. The molecule has 0 bridgehead atoms. The average Bonchev–Trinajstić information content (AvgIpc) is 2.96. The number of ether oxygens (including phenoxy) is 1. The van der Waals surface area contributed by atoms with Crippen LogP contribution in [0.4, 0.5) is 0 Å². The first-order valence-corrected chi connectivity index (χ1v) is 7.06. The van der Waals surface area contributed by atoms with Crippen LogP contribution in [0.2, 0.25) is 0 Å². The second-order valence-corrected chi connectivity index (χ2v) is 5.57. The molecule has 0 heterocycles. The first-order valence-electron chi connectivity index (χ1n) is 7.06. The molecule has 1 N–H and O–H groups in total. The Balaban J connectivity index is 1.75. The first kappa shape index (κ1) is 12.9. The van der Waals surface area contributed by atoms with E-state index in [1.165, 1.54) is 25.7 Å². The summed E-state index contributed by atoms with van der Waals surface area (Å²) in [5.74, 6) is 0.784. The van der Waals surface area contributed by atoms with Crippen molar-refractivity contribution in [2.24, 2.45) is 5.92 Å². The first-order chi connectivity index (χ1) is 8.28. The van der Waals surface area contributed by atoms with Gasteiger partial charge in [-0.1, -0.05) is 19.8 Å². The van der Waals surface area contributed by atoms with Gasteiger partial charge >= 0.3 is 0 Å². The van der Waals surface area contributed by atoms with Gasteiger partial charge in [-0.3, -0.25) is 5.32 Å². The molecule has 2 unspecified atom stereocenters. The standard InChI is InChI=1S/C14H24N2O/c1-2-16-14(11-15)8-7-13(9-14)17-10-12-5-3-4-6-12/h12-13,16H,2-10H2,1H3. The number of nitrogens with zero attached hydrogens (tertiary/aromatic N) is 1. The van der Waals surface area contributed by atoms with Crippen LogP contribution in [0.1, 0.15) is 51.9 Å². The molecule has 3 heteroatoms. The molecule has 0 aromatic carbocycles. The van der Waals surface area contributed by atoms with Gasteiger partial charge in [-0.25, -0.2) is 0 Å². The second-order valence-electron chi connectivity index (χ2n) is 5.57. The smallest absolute Gasteiger partial charge is 0.109 e. The molecule has 0 saturated heterocycles. The molecule has 17 heavy (non-hydrogen) atoms. The largest absolute Gasteiger partial charge is 0.378 e. The van der Waals surface area contributed by atoms with E-state index >= 15 is 0 Å². The van der Waals surface area contributed by atoms with E-state index in [-0.39, 0.29) is 5.54 Å². The summed E-state index contributed by atoms with van der Waals surface area (Å²) in [6.45, 7) is 3.84. The Morgan fingerprint density at radius 1 is 1.35 bits per heavy atom. The highest BCUT2D eigenvalue weighted by Crippen LogP contribution is 2.33. The summed E-state index contributed by atoms with van der Waals surface area (Å²) in [6, 6.07) is 2.45. The summed E-state index contributed by atoms with van der Waals surface area (Å²) in [5.41, 5.74) is -0.310. The molecule has 96 valence electrons. The van der Waals surface area contributed by atoms with Gasteiger partial charge in [-0.15, -0.1) is 0 Å². The lowest BCUT2D eigenvalue weighted by Crippen LogP contribution is -2.41. The molecule has 2 saturated carbocycles. The molecule has 0 aromatic heterocycles. The van der Waals surface area contributed by atoms with Crippen LogP contribution in [0.3, 0.4) is 0 Å². The monoisotopic (exact) mass is 236 g/mol. The van der Waals surface area contributed by atoms with Crippen molar-refractivity contribution >= 4 is 0 Å². The molecule has 0 spiro atoms. The van der Waals surface area contributed by atoms with Gasteiger partial charge in [0.25, 0.3) is 0 Å². The Labute approximate surface area is 105 Å². The van der Waals surface area contributed by atoms with Crippen molar-refractivity contribution in [1.29, 1.82) is 5.26 Å². The van der Waals surface area contributed by atoms with Gasteiger partial charge in [0.2, 0.25) is 0 Å². The minimum Gasteiger partial charge on any atom is -0.378 e. The van der Waals surface area contributed by atoms with E-state index in [1.54, 1.807) is 0 Å². The molecule has 0 aliphatic heterocycles. The normalized spacial score (nSPS) is 34.0. The van der Waals surface area contributed by atoms with Gasteiger partial charge in [0.1, 0.15) is 5.54 Å². The molecule has 0 radical (unpaired) electrons. The van der Waals surface area contributed by atoms with Crippen molar-refractivity contribution < 1.29 is 4.74 Å². The third kappa shape index (κ3) is 3.20. The lowest BCUT2D eigenvalue weighted by Gasteiger charge is -2.22. The highest BCUT2D eigenvalue weighted by molar-refractivity contribution is 5.12.